The Kier molecular flexibility index (Phi) is 6.17. The van der Waals surface area contributed by atoms with Gasteiger partial charge in [0.05, 0.1) is 12.8 Å². The number of nitrogens with zero attached hydrogens (tertiary/aromatic N) is 1. The first kappa shape index (κ1) is 17.0. The molecule has 0 bridgehead atoms. The van der Waals surface area contributed by atoms with Crippen LogP contribution in [0.5, 0.6) is 11.5 Å². The Labute approximate surface area is 143 Å². The molecule has 0 saturated carbocycles. The van der Waals surface area contributed by atoms with Crippen LogP contribution in [0.3, 0.4) is 0 Å². The maximum atomic E-state index is 11.8. The van der Waals surface area contributed by atoms with Crippen LogP contribution in [0.15, 0.2) is 58.1 Å². The summed E-state index contributed by atoms with van der Waals surface area (Å²) < 4.78 is 11.5. The van der Waals surface area contributed by atoms with E-state index in [-0.39, 0.29) is 12.5 Å². The molecule has 0 fully saturated rings. The lowest BCUT2D eigenvalue weighted by Crippen LogP contribution is -2.25. The van der Waals surface area contributed by atoms with Gasteiger partial charge < -0.3 is 9.47 Å². The molecule has 6 heteroatoms. The summed E-state index contributed by atoms with van der Waals surface area (Å²) in [6.45, 7) is 1.68. The normalized spacial score (nSPS) is 11.0. The minimum Gasteiger partial charge on any atom is -0.493 e. The van der Waals surface area contributed by atoms with Crippen LogP contribution >= 0.6 is 15.9 Å². The molecule has 2 aromatic rings. The molecular weight excluding hydrogens is 360 g/mol. The summed E-state index contributed by atoms with van der Waals surface area (Å²) in [6.07, 6.45) is 0. The molecule has 0 radical (unpaired) electrons. The van der Waals surface area contributed by atoms with Gasteiger partial charge in [0.2, 0.25) is 0 Å². The maximum Gasteiger partial charge on any atom is 0.277 e. The number of rotatable bonds is 6. The minimum absolute atomic E-state index is 0.143. The largest absolute Gasteiger partial charge is 0.493 e. The number of methoxy groups -OCH3 is 1. The lowest BCUT2D eigenvalue weighted by Gasteiger charge is -2.09. The van der Waals surface area contributed by atoms with Crippen molar-refractivity contribution < 1.29 is 14.3 Å². The van der Waals surface area contributed by atoms with Gasteiger partial charge in [-0.1, -0.05) is 40.2 Å². The highest BCUT2D eigenvalue weighted by atomic mass is 79.9. The molecule has 0 unspecified atom stereocenters. The third-order valence-electron chi connectivity index (χ3n) is 3.02. The van der Waals surface area contributed by atoms with Gasteiger partial charge in [-0.05, 0) is 36.8 Å². The monoisotopic (exact) mass is 376 g/mol. The lowest BCUT2D eigenvalue weighted by molar-refractivity contribution is -0.123. The molecule has 0 aliphatic carbocycles. The predicted molar refractivity (Wildman–Crippen MR) is 93.0 cm³/mol. The van der Waals surface area contributed by atoms with Crippen molar-refractivity contribution >= 4 is 27.5 Å². The number of nitrogens with one attached hydrogen (secondary N) is 1. The molecule has 23 heavy (non-hydrogen) atoms. The molecule has 120 valence electrons. The number of amides is 1. The van der Waals surface area contributed by atoms with Crippen LogP contribution in [0, 0.1) is 0 Å². The SMILES string of the molecule is COc1ccccc1OCC(=O)NN=C(C)c1cccc(Br)c1. The van der Waals surface area contributed by atoms with Gasteiger partial charge >= 0.3 is 0 Å². The molecule has 0 aliphatic heterocycles. The van der Waals surface area contributed by atoms with Gasteiger partial charge in [0.15, 0.2) is 18.1 Å². The van der Waals surface area contributed by atoms with Crippen LogP contribution in [0.2, 0.25) is 0 Å². The first-order valence-corrected chi connectivity index (χ1v) is 7.74. The van der Waals surface area contributed by atoms with Gasteiger partial charge in [0.1, 0.15) is 0 Å². The third-order valence-corrected chi connectivity index (χ3v) is 3.51. The van der Waals surface area contributed by atoms with Crippen LogP contribution in [-0.2, 0) is 4.79 Å². The number of hydrazone groups is 1. The molecule has 5 nitrogen and oxygen atoms in total. The van der Waals surface area contributed by atoms with Crippen LogP contribution in [0.1, 0.15) is 12.5 Å². The number of carbonyl (C=O) groups excluding carboxylic acids is 1. The van der Waals surface area contributed by atoms with Gasteiger partial charge in [0, 0.05) is 4.47 Å². The molecule has 2 rings (SSSR count). The number of halogens is 1. The molecule has 1 amide bonds. The van der Waals surface area contributed by atoms with Gasteiger partial charge in [-0.3, -0.25) is 4.79 Å². The molecule has 0 spiro atoms. The van der Waals surface area contributed by atoms with Crippen LogP contribution < -0.4 is 14.9 Å². The zero-order chi connectivity index (χ0) is 16.7. The molecule has 0 atom stereocenters. The van der Waals surface area contributed by atoms with E-state index in [0.29, 0.717) is 17.2 Å². The standard InChI is InChI=1S/C17H17BrN2O3/c1-12(13-6-5-7-14(18)10-13)19-20-17(21)11-23-16-9-4-3-8-15(16)22-2/h3-10H,11H2,1-2H3,(H,20,21). The van der Waals surface area contributed by atoms with E-state index in [2.05, 4.69) is 26.5 Å². The zero-order valence-corrected chi connectivity index (χ0v) is 14.5. The minimum atomic E-state index is -0.342. The summed E-state index contributed by atoms with van der Waals surface area (Å²) in [5, 5.41) is 4.08. The number of benzene rings is 2. The van der Waals surface area contributed by atoms with Gasteiger partial charge in [-0.2, -0.15) is 5.10 Å². The smallest absolute Gasteiger partial charge is 0.277 e. The van der Waals surface area contributed by atoms with E-state index in [9.17, 15) is 4.79 Å². The average Bonchev–Trinajstić information content (AvgIpc) is 2.58. The highest BCUT2D eigenvalue weighted by Gasteiger charge is 2.06. The second-order valence-corrected chi connectivity index (χ2v) is 5.60. The Hall–Kier alpha value is -2.34. The molecular formula is C17H17BrN2O3. The zero-order valence-electron chi connectivity index (χ0n) is 12.9. The summed E-state index contributed by atoms with van der Waals surface area (Å²) in [5.74, 6) is 0.747. The fraction of sp³-hybridized carbons (Fsp3) is 0.176. The Morgan fingerprint density at radius 2 is 1.91 bits per heavy atom. The first-order valence-electron chi connectivity index (χ1n) is 6.95. The topological polar surface area (TPSA) is 59.9 Å². The molecule has 2 aromatic carbocycles. The van der Waals surface area contributed by atoms with Gasteiger partial charge in [0.25, 0.3) is 5.91 Å². The number of carbonyl (C=O) groups is 1. The Morgan fingerprint density at radius 3 is 2.61 bits per heavy atom. The van der Waals surface area contributed by atoms with Crippen molar-refractivity contribution in [1.29, 1.82) is 0 Å². The van der Waals surface area contributed by atoms with E-state index in [4.69, 9.17) is 9.47 Å². The van der Waals surface area contributed by atoms with Crippen molar-refractivity contribution in [3.8, 4) is 11.5 Å². The van der Waals surface area contributed by atoms with Crippen molar-refractivity contribution in [1.82, 2.24) is 5.43 Å². The lowest BCUT2D eigenvalue weighted by atomic mass is 10.1. The van der Waals surface area contributed by atoms with E-state index in [1.807, 2.05) is 43.3 Å². The van der Waals surface area contributed by atoms with E-state index in [0.717, 1.165) is 10.0 Å². The van der Waals surface area contributed by atoms with Crippen molar-refractivity contribution in [3.05, 3.63) is 58.6 Å². The fourth-order valence-corrected chi connectivity index (χ4v) is 2.24. The van der Waals surface area contributed by atoms with Crippen LogP contribution in [0.25, 0.3) is 0 Å². The summed E-state index contributed by atoms with van der Waals surface area (Å²) in [5.41, 5.74) is 4.10. The third kappa shape index (κ3) is 5.10. The number of ether oxygens (including phenoxy) is 2. The molecule has 0 heterocycles. The maximum absolute atomic E-state index is 11.8. The highest BCUT2D eigenvalue weighted by molar-refractivity contribution is 9.10. The van der Waals surface area contributed by atoms with E-state index >= 15 is 0 Å². The second-order valence-electron chi connectivity index (χ2n) is 4.68. The fourth-order valence-electron chi connectivity index (χ4n) is 1.84. The number of hydrogen-bond donors (Lipinski definition) is 1. The van der Waals surface area contributed by atoms with Gasteiger partial charge in [-0.25, -0.2) is 5.43 Å². The molecule has 0 aromatic heterocycles. The van der Waals surface area contributed by atoms with Crippen LogP contribution in [-0.4, -0.2) is 25.3 Å². The quantitative estimate of drug-likeness (QED) is 0.620. The Bertz CT molecular complexity index is 716. The first-order chi connectivity index (χ1) is 11.1. The molecule has 0 saturated heterocycles. The number of para-hydroxylation sites is 2. The van der Waals surface area contributed by atoms with E-state index < -0.39 is 0 Å². The van der Waals surface area contributed by atoms with E-state index in [1.165, 1.54) is 0 Å². The average molecular weight is 377 g/mol. The molecule has 1 N–H and O–H groups in total. The Balaban J connectivity index is 1.91. The summed E-state index contributed by atoms with van der Waals surface area (Å²) in [6, 6.07) is 14.8. The van der Waals surface area contributed by atoms with Gasteiger partial charge in [-0.15, -0.1) is 0 Å². The summed E-state index contributed by atoms with van der Waals surface area (Å²) >= 11 is 3.40. The summed E-state index contributed by atoms with van der Waals surface area (Å²) in [4.78, 5) is 11.8. The Morgan fingerprint density at radius 1 is 1.17 bits per heavy atom. The van der Waals surface area contributed by atoms with Crippen LogP contribution in [0.4, 0.5) is 0 Å². The van der Waals surface area contributed by atoms with Crippen molar-refractivity contribution in [3.63, 3.8) is 0 Å². The highest BCUT2D eigenvalue weighted by Crippen LogP contribution is 2.25. The predicted octanol–water partition coefficient (Wildman–Crippen LogP) is 3.38. The van der Waals surface area contributed by atoms with E-state index in [1.54, 1.807) is 19.2 Å². The number of hydrogen-bond acceptors (Lipinski definition) is 4. The molecule has 0 aliphatic rings. The second kappa shape index (κ2) is 8.33. The van der Waals surface area contributed by atoms with Crippen molar-refractivity contribution in [2.75, 3.05) is 13.7 Å². The van der Waals surface area contributed by atoms with Crippen molar-refractivity contribution in [2.45, 2.75) is 6.92 Å². The van der Waals surface area contributed by atoms with Crippen molar-refractivity contribution in [2.24, 2.45) is 5.10 Å². The summed E-state index contributed by atoms with van der Waals surface area (Å²) in [7, 11) is 1.55.